The van der Waals surface area contributed by atoms with E-state index < -0.39 is 18.0 Å². The Balaban J connectivity index is 1.21. The van der Waals surface area contributed by atoms with Crippen LogP contribution in [0.2, 0.25) is 0 Å². The van der Waals surface area contributed by atoms with Crippen LogP contribution in [0, 0.1) is 11.8 Å². The van der Waals surface area contributed by atoms with Crippen LogP contribution in [-0.2, 0) is 14.3 Å². The molecule has 4 atom stereocenters. The third kappa shape index (κ3) is 4.77. The first-order chi connectivity index (χ1) is 17.0. The van der Waals surface area contributed by atoms with Crippen LogP contribution < -0.4 is 10.6 Å². The number of hydrogen-bond acceptors (Lipinski definition) is 4. The summed E-state index contributed by atoms with van der Waals surface area (Å²) in [6.45, 7) is 0.228. The Morgan fingerprint density at radius 2 is 1.34 bits per heavy atom. The summed E-state index contributed by atoms with van der Waals surface area (Å²) < 4.78 is 5.69. The van der Waals surface area contributed by atoms with Gasteiger partial charge in [-0.15, -0.1) is 0 Å². The number of rotatable bonds is 6. The number of ether oxygens (including phenoxy) is 1. The Morgan fingerprint density at radius 1 is 0.771 bits per heavy atom. The highest BCUT2D eigenvalue weighted by Crippen LogP contribution is 2.44. The number of benzene rings is 2. The fraction of sp³-hybridized carbons (Fsp3) is 0.464. The zero-order chi connectivity index (χ0) is 24.4. The lowest BCUT2D eigenvalue weighted by molar-refractivity contribution is -0.142. The topological polar surface area (TPSA) is 105 Å². The summed E-state index contributed by atoms with van der Waals surface area (Å²) in [4.78, 5) is 37.4. The zero-order valence-corrected chi connectivity index (χ0v) is 19.7. The molecule has 0 radical (unpaired) electrons. The Morgan fingerprint density at radius 3 is 2.03 bits per heavy atom. The highest BCUT2D eigenvalue weighted by atomic mass is 16.5. The quantitative estimate of drug-likeness (QED) is 0.571. The molecule has 2 amide bonds. The minimum Gasteiger partial charge on any atom is -0.481 e. The van der Waals surface area contributed by atoms with Crippen LogP contribution in [0.5, 0.6) is 0 Å². The van der Waals surface area contributed by atoms with E-state index in [0.29, 0.717) is 25.7 Å². The van der Waals surface area contributed by atoms with Crippen molar-refractivity contribution >= 4 is 18.0 Å². The second-order valence-corrected chi connectivity index (χ2v) is 9.96. The summed E-state index contributed by atoms with van der Waals surface area (Å²) in [7, 11) is 0. The normalized spacial score (nSPS) is 25.4. The van der Waals surface area contributed by atoms with Gasteiger partial charge in [-0.2, -0.15) is 0 Å². The molecule has 4 unspecified atom stereocenters. The van der Waals surface area contributed by atoms with Gasteiger partial charge in [0, 0.05) is 18.0 Å². The first kappa shape index (κ1) is 23.4. The van der Waals surface area contributed by atoms with Gasteiger partial charge in [0.25, 0.3) is 0 Å². The lowest BCUT2D eigenvalue weighted by Gasteiger charge is -2.32. The number of hydrogen-bond donors (Lipinski definition) is 3. The van der Waals surface area contributed by atoms with E-state index in [9.17, 15) is 19.5 Å². The van der Waals surface area contributed by atoms with Crippen LogP contribution in [0.25, 0.3) is 11.1 Å². The Labute approximate surface area is 205 Å². The Bertz CT molecular complexity index is 1070. The van der Waals surface area contributed by atoms with Crippen molar-refractivity contribution in [1.29, 1.82) is 0 Å². The lowest BCUT2D eigenvalue weighted by Crippen LogP contribution is -2.51. The maximum atomic E-state index is 13.1. The van der Waals surface area contributed by atoms with Crippen molar-refractivity contribution in [2.75, 3.05) is 6.61 Å². The van der Waals surface area contributed by atoms with Crippen molar-refractivity contribution in [3.8, 4) is 11.1 Å². The number of carbonyl (C=O) groups is 3. The van der Waals surface area contributed by atoms with Gasteiger partial charge in [0.05, 0.1) is 11.8 Å². The standard InChI is InChI=1S/C28H32N2O5/c31-26(29-25-15-7-13-22(25)27(32)33)21-12-5-6-14-24(21)30-28(34)35-16-23-19-10-3-1-8-17(19)18-9-2-4-11-20(18)23/h1-4,8-11,21-25H,5-7,12-16H2,(H,29,31)(H,30,34)(H,32,33). The van der Waals surface area contributed by atoms with Gasteiger partial charge >= 0.3 is 12.1 Å². The van der Waals surface area contributed by atoms with E-state index >= 15 is 0 Å². The van der Waals surface area contributed by atoms with Gasteiger partial charge in [-0.1, -0.05) is 67.8 Å². The molecular formula is C28H32N2O5. The molecule has 2 saturated carbocycles. The van der Waals surface area contributed by atoms with Gasteiger partial charge in [0.1, 0.15) is 6.61 Å². The second-order valence-electron chi connectivity index (χ2n) is 9.96. The molecular weight excluding hydrogens is 444 g/mol. The van der Waals surface area contributed by atoms with Crippen LogP contribution in [0.3, 0.4) is 0 Å². The van der Waals surface area contributed by atoms with Gasteiger partial charge in [-0.25, -0.2) is 4.79 Å². The predicted molar refractivity (Wildman–Crippen MR) is 131 cm³/mol. The highest BCUT2D eigenvalue weighted by molar-refractivity contribution is 5.82. The molecule has 7 nitrogen and oxygen atoms in total. The molecule has 2 aromatic carbocycles. The maximum Gasteiger partial charge on any atom is 0.407 e. The number of carbonyl (C=O) groups excluding carboxylic acids is 2. The monoisotopic (exact) mass is 476 g/mol. The molecule has 0 heterocycles. The number of aliphatic carboxylic acids is 1. The summed E-state index contributed by atoms with van der Waals surface area (Å²) in [6, 6.07) is 15.7. The average molecular weight is 477 g/mol. The van der Waals surface area contributed by atoms with Crippen molar-refractivity contribution in [1.82, 2.24) is 10.6 Å². The van der Waals surface area contributed by atoms with Crippen LogP contribution >= 0.6 is 0 Å². The average Bonchev–Trinajstić information content (AvgIpc) is 3.46. The molecule has 3 aliphatic carbocycles. The minimum absolute atomic E-state index is 0.0195. The second kappa shape index (κ2) is 10.1. The van der Waals surface area contributed by atoms with Crippen LogP contribution in [-0.4, -0.2) is 41.8 Å². The molecule has 0 aromatic heterocycles. The summed E-state index contributed by atoms with van der Waals surface area (Å²) >= 11 is 0. The van der Waals surface area contributed by atoms with E-state index in [0.717, 1.165) is 30.4 Å². The van der Waals surface area contributed by atoms with Gasteiger partial charge in [-0.05, 0) is 47.9 Å². The van der Waals surface area contributed by atoms with Crippen molar-refractivity contribution < 1.29 is 24.2 Å². The molecule has 184 valence electrons. The summed E-state index contributed by atoms with van der Waals surface area (Å²) in [6.07, 6.45) is 4.77. The maximum absolute atomic E-state index is 13.1. The van der Waals surface area contributed by atoms with Crippen LogP contribution in [0.15, 0.2) is 48.5 Å². The molecule has 0 bridgehead atoms. The SMILES string of the molecule is O=C(NC1CCCCC1C(=O)NC1CCCC1C(=O)O)OCC1c2ccccc2-c2ccccc21. The molecule has 35 heavy (non-hydrogen) atoms. The Hall–Kier alpha value is -3.35. The van der Waals surface area contributed by atoms with Crippen LogP contribution in [0.4, 0.5) is 4.79 Å². The molecule has 2 aromatic rings. The number of alkyl carbamates (subject to hydrolysis) is 1. The van der Waals surface area contributed by atoms with E-state index in [1.54, 1.807) is 0 Å². The van der Waals surface area contributed by atoms with Crippen molar-refractivity contribution in [2.45, 2.75) is 62.9 Å². The number of amides is 2. The minimum atomic E-state index is -0.857. The third-order valence-electron chi connectivity index (χ3n) is 7.91. The van der Waals surface area contributed by atoms with Gasteiger partial charge in [0.2, 0.25) is 5.91 Å². The van der Waals surface area contributed by atoms with Crippen molar-refractivity contribution in [3.63, 3.8) is 0 Å². The van der Waals surface area contributed by atoms with Crippen molar-refractivity contribution in [3.05, 3.63) is 59.7 Å². The molecule has 7 heteroatoms. The largest absolute Gasteiger partial charge is 0.481 e. The molecule has 5 rings (SSSR count). The van der Waals surface area contributed by atoms with Gasteiger partial charge in [0.15, 0.2) is 0 Å². The summed E-state index contributed by atoms with van der Waals surface area (Å²) in [5.41, 5.74) is 4.65. The van der Waals surface area contributed by atoms with Gasteiger partial charge < -0.3 is 20.5 Å². The fourth-order valence-electron chi connectivity index (χ4n) is 6.13. The fourth-order valence-corrected chi connectivity index (χ4v) is 6.13. The lowest BCUT2D eigenvalue weighted by atomic mass is 9.83. The number of nitrogens with one attached hydrogen (secondary N) is 2. The van der Waals surface area contributed by atoms with Crippen LogP contribution in [0.1, 0.15) is 62.0 Å². The molecule has 2 fully saturated rings. The summed E-state index contributed by atoms with van der Waals surface area (Å²) in [5, 5.41) is 15.3. The number of carboxylic acid groups (broad SMARTS) is 1. The van der Waals surface area contributed by atoms with Gasteiger partial charge in [-0.3, -0.25) is 9.59 Å². The van der Waals surface area contributed by atoms with E-state index in [2.05, 4.69) is 34.9 Å². The molecule has 3 N–H and O–H groups in total. The molecule has 0 aliphatic heterocycles. The molecule has 3 aliphatic rings. The number of fused-ring (bicyclic) bond motifs is 3. The van der Waals surface area contributed by atoms with Crippen molar-refractivity contribution in [2.24, 2.45) is 11.8 Å². The van der Waals surface area contributed by atoms with E-state index in [1.165, 1.54) is 11.1 Å². The molecule has 0 spiro atoms. The van der Waals surface area contributed by atoms with E-state index in [4.69, 9.17) is 4.74 Å². The number of carboxylic acids is 1. The summed E-state index contributed by atoms with van der Waals surface area (Å²) in [5.74, 6) is -1.94. The zero-order valence-electron chi connectivity index (χ0n) is 19.7. The third-order valence-corrected chi connectivity index (χ3v) is 7.91. The van der Waals surface area contributed by atoms with E-state index in [-0.39, 0.29) is 36.4 Å². The predicted octanol–water partition coefficient (Wildman–Crippen LogP) is 4.45. The Kier molecular flexibility index (Phi) is 6.75. The first-order valence-corrected chi connectivity index (χ1v) is 12.7. The highest BCUT2D eigenvalue weighted by Gasteiger charge is 2.38. The smallest absolute Gasteiger partial charge is 0.407 e. The van der Waals surface area contributed by atoms with E-state index in [1.807, 2.05) is 24.3 Å². The first-order valence-electron chi connectivity index (χ1n) is 12.7. The molecule has 0 saturated heterocycles.